The summed E-state index contributed by atoms with van der Waals surface area (Å²) >= 11 is 0. The molecule has 1 aliphatic heterocycles. The largest absolute Gasteiger partial charge is 0.377 e. The molecule has 1 unspecified atom stereocenters. The van der Waals surface area contributed by atoms with E-state index in [1.165, 1.54) is 18.3 Å². The van der Waals surface area contributed by atoms with Gasteiger partial charge in [0.25, 0.3) is 5.91 Å². The van der Waals surface area contributed by atoms with E-state index in [4.69, 9.17) is 15.3 Å². The molecule has 1 amide bonds. The average molecular weight is 555 g/mol. The summed E-state index contributed by atoms with van der Waals surface area (Å²) in [5.41, 5.74) is 0.243. The molecule has 1 fully saturated rings. The van der Waals surface area contributed by atoms with Crippen molar-refractivity contribution in [1.82, 2.24) is 20.0 Å². The quantitative estimate of drug-likeness (QED) is 0.354. The lowest BCUT2D eigenvalue weighted by Gasteiger charge is -2.26. The van der Waals surface area contributed by atoms with E-state index >= 15 is 0 Å². The molecule has 39 heavy (non-hydrogen) atoms. The molecular formula is C26H34N8O4S. The van der Waals surface area contributed by atoms with Gasteiger partial charge >= 0.3 is 0 Å². The average Bonchev–Trinajstić information content (AvgIpc) is 3.41. The number of anilines is 3. The minimum absolute atomic E-state index is 0.110. The fourth-order valence-electron chi connectivity index (χ4n) is 3.87. The predicted octanol–water partition coefficient (Wildman–Crippen LogP) is 2.84. The van der Waals surface area contributed by atoms with Gasteiger partial charge < -0.3 is 20.3 Å². The Morgan fingerprint density at radius 1 is 1.15 bits per heavy atom. The Balaban J connectivity index is 1.83. The Bertz CT molecular complexity index is 1300. The van der Waals surface area contributed by atoms with E-state index in [0.29, 0.717) is 12.3 Å². The molecule has 3 N–H and O–H groups in total. The minimum Gasteiger partial charge on any atom is -0.377 e. The number of nitrogens with zero attached hydrogens (tertiary/aromatic N) is 5. The summed E-state index contributed by atoms with van der Waals surface area (Å²) in [6.45, 7) is 6.98. The van der Waals surface area contributed by atoms with Gasteiger partial charge in [-0.25, -0.2) is 18.1 Å². The van der Waals surface area contributed by atoms with Crippen molar-refractivity contribution in [3.05, 3.63) is 36.0 Å². The number of amides is 1. The van der Waals surface area contributed by atoms with Crippen molar-refractivity contribution in [3.63, 3.8) is 0 Å². The molecule has 1 aromatic carbocycles. The second-order valence-corrected chi connectivity index (χ2v) is 11.8. The monoisotopic (exact) mass is 554 g/mol. The summed E-state index contributed by atoms with van der Waals surface area (Å²) in [5.74, 6) is 0.0775. The van der Waals surface area contributed by atoms with Crippen LogP contribution in [0.1, 0.15) is 56.8 Å². The van der Waals surface area contributed by atoms with Crippen LogP contribution in [0, 0.1) is 22.7 Å². The Morgan fingerprint density at radius 3 is 2.38 bits per heavy atom. The van der Waals surface area contributed by atoms with Gasteiger partial charge in [0.15, 0.2) is 0 Å². The van der Waals surface area contributed by atoms with Gasteiger partial charge in [-0.15, -0.1) is 0 Å². The second-order valence-electron chi connectivity index (χ2n) is 10.1. The van der Waals surface area contributed by atoms with Gasteiger partial charge in [-0.3, -0.25) is 4.79 Å². The maximum atomic E-state index is 13.0. The Hall–Kier alpha value is -3.78. The third kappa shape index (κ3) is 8.89. The lowest BCUT2D eigenvalue weighted by molar-refractivity contribution is 0.0919. The summed E-state index contributed by atoms with van der Waals surface area (Å²) in [5, 5.41) is 24.2. The lowest BCUT2D eigenvalue weighted by atomic mass is 10.1. The van der Waals surface area contributed by atoms with Crippen LogP contribution in [-0.2, 0) is 14.8 Å². The van der Waals surface area contributed by atoms with Crippen LogP contribution in [0.2, 0.25) is 0 Å². The second kappa shape index (κ2) is 13.3. The number of nitriles is 2. The van der Waals surface area contributed by atoms with E-state index in [2.05, 4.69) is 37.5 Å². The smallest absolute Gasteiger partial charge is 0.257 e. The molecule has 1 saturated heterocycles. The number of ether oxygens (including phenoxy) is 1. The highest BCUT2D eigenvalue weighted by Gasteiger charge is 2.24. The predicted molar refractivity (Wildman–Crippen MR) is 146 cm³/mol. The third-order valence-corrected chi connectivity index (χ3v) is 7.17. The molecular weight excluding hydrogens is 520 g/mol. The summed E-state index contributed by atoms with van der Waals surface area (Å²) in [6, 6.07) is 10.3. The maximum Gasteiger partial charge on any atom is 0.257 e. The van der Waals surface area contributed by atoms with Crippen molar-refractivity contribution in [2.45, 2.75) is 63.0 Å². The Morgan fingerprint density at radius 2 is 1.82 bits per heavy atom. The van der Waals surface area contributed by atoms with Gasteiger partial charge in [-0.2, -0.15) is 15.5 Å². The fourth-order valence-corrected chi connectivity index (χ4v) is 4.94. The molecule has 13 heteroatoms. The van der Waals surface area contributed by atoms with Crippen LogP contribution in [0.25, 0.3) is 0 Å². The Kier molecular flexibility index (Phi) is 10.2. The van der Waals surface area contributed by atoms with Crippen molar-refractivity contribution in [1.29, 1.82) is 10.5 Å². The van der Waals surface area contributed by atoms with Gasteiger partial charge in [0.1, 0.15) is 11.4 Å². The number of hydrogen-bond acceptors (Lipinski definition) is 10. The molecule has 2 aromatic rings. The molecule has 208 valence electrons. The number of sulfonamides is 1. The van der Waals surface area contributed by atoms with Crippen LogP contribution in [0.3, 0.4) is 0 Å². The standard InChI is InChI=1S/C26H34N8O4S/c1-26(2,3)33-24(35)22-18-29-25(32-23(22)34(14-5-12-27)15-6-13-28)31-19-8-10-21(11-9-19)39(36,37)30-17-20-7-4-16-38-20/h8-11,18,20,30H,4-7,14-17H2,1-3H3,(H,33,35)(H,29,31,32). The molecule has 1 aliphatic rings. The van der Waals surface area contributed by atoms with Crippen molar-refractivity contribution in [3.8, 4) is 12.1 Å². The van der Waals surface area contributed by atoms with Crippen LogP contribution >= 0.6 is 0 Å². The normalized spacial score (nSPS) is 15.3. The first kappa shape index (κ1) is 29.8. The molecule has 0 spiro atoms. The van der Waals surface area contributed by atoms with Crippen LogP contribution in [0.4, 0.5) is 17.5 Å². The van der Waals surface area contributed by atoms with E-state index in [-0.39, 0.29) is 66.7 Å². The number of hydrogen-bond donors (Lipinski definition) is 3. The summed E-state index contributed by atoms with van der Waals surface area (Å²) in [6.07, 6.45) is 3.39. The highest BCUT2D eigenvalue weighted by molar-refractivity contribution is 7.89. The highest BCUT2D eigenvalue weighted by Crippen LogP contribution is 2.23. The summed E-state index contributed by atoms with van der Waals surface area (Å²) < 4.78 is 33.4. The zero-order chi connectivity index (χ0) is 28.5. The SMILES string of the molecule is CC(C)(C)NC(=O)c1cnc(Nc2ccc(S(=O)(=O)NCC3CCCO3)cc2)nc1N(CCC#N)CCC#N. The molecule has 12 nitrogen and oxygen atoms in total. The maximum absolute atomic E-state index is 13.0. The molecule has 0 radical (unpaired) electrons. The number of nitrogens with one attached hydrogen (secondary N) is 3. The zero-order valence-electron chi connectivity index (χ0n) is 22.4. The molecule has 0 bridgehead atoms. The first-order valence-electron chi connectivity index (χ1n) is 12.7. The number of rotatable bonds is 12. The zero-order valence-corrected chi connectivity index (χ0v) is 23.2. The van der Waals surface area contributed by atoms with E-state index in [1.807, 2.05) is 20.8 Å². The Labute approximate surface area is 229 Å². The molecule has 1 atom stereocenters. The topological polar surface area (TPSA) is 173 Å². The minimum atomic E-state index is -3.70. The van der Waals surface area contributed by atoms with Crippen molar-refractivity contribution >= 4 is 33.4 Å². The summed E-state index contributed by atoms with van der Waals surface area (Å²) in [7, 11) is -3.70. The molecule has 1 aromatic heterocycles. The number of benzene rings is 1. The first-order chi connectivity index (χ1) is 18.5. The molecule has 3 rings (SSSR count). The fraction of sp³-hybridized carbons (Fsp3) is 0.500. The van der Waals surface area contributed by atoms with Gasteiger partial charge in [0, 0.05) is 43.7 Å². The van der Waals surface area contributed by atoms with Gasteiger partial charge in [-0.05, 0) is 57.9 Å². The van der Waals surface area contributed by atoms with E-state index in [9.17, 15) is 13.2 Å². The van der Waals surface area contributed by atoms with Gasteiger partial charge in [-0.1, -0.05) is 0 Å². The van der Waals surface area contributed by atoms with Crippen LogP contribution in [0.5, 0.6) is 0 Å². The number of carbonyl (C=O) groups is 1. The van der Waals surface area contributed by atoms with E-state index < -0.39 is 15.6 Å². The van der Waals surface area contributed by atoms with Crippen LogP contribution in [0.15, 0.2) is 35.4 Å². The number of carbonyl (C=O) groups excluding carboxylic acids is 1. The molecule has 2 heterocycles. The van der Waals surface area contributed by atoms with Crippen molar-refractivity contribution in [2.75, 3.05) is 36.5 Å². The number of aromatic nitrogens is 2. The van der Waals surface area contributed by atoms with Gasteiger partial charge in [0.2, 0.25) is 16.0 Å². The van der Waals surface area contributed by atoms with Gasteiger partial charge in [0.05, 0.1) is 36.0 Å². The lowest BCUT2D eigenvalue weighted by Crippen LogP contribution is -2.41. The molecule has 0 aliphatic carbocycles. The highest BCUT2D eigenvalue weighted by atomic mass is 32.2. The third-order valence-electron chi connectivity index (χ3n) is 5.73. The summed E-state index contributed by atoms with van der Waals surface area (Å²) in [4.78, 5) is 23.7. The van der Waals surface area contributed by atoms with Crippen molar-refractivity contribution < 1.29 is 17.9 Å². The van der Waals surface area contributed by atoms with Crippen LogP contribution in [-0.4, -0.2) is 62.2 Å². The molecule has 0 saturated carbocycles. The van der Waals surface area contributed by atoms with E-state index in [0.717, 1.165) is 12.8 Å². The van der Waals surface area contributed by atoms with Crippen molar-refractivity contribution in [2.24, 2.45) is 0 Å². The van der Waals surface area contributed by atoms with Crippen LogP contribution < -0.4 is 20.3 Å². The first-order valence-corrected chi connectivity index (χ1v) is 14.2. The van der Waals surface area contributed by atoms with E-state index in [1.54, 1.807) is 17.0 Å².